The fraction of sp³-hybridized carbons (Fsp3) is 0.0732. The molecule has 0 radical (unpaired) electrons. The lowest BCUT2D eigenvalue weighted by Crippen LogP contribution is -2.10. The largest absolute Gasteiger partial charge is 0.311 e. The van der Waals surface area contributed by atoms with E-state index in [-0.39, 0.29) is 0 Å². The number of allylic oxidation sites excluding steroid dienone is 1. The number of anilines is 3. The first kappa shape index (κ1) is 26.5. The van der Waals surface area contributed by atoms with Crippen LogP contribution in [-0.4, -0.2) is 19.1 Å². The molecule has 8 aromatic rings. The molecular weight excluding hydrogens is 562 g/mol. The molecule has 0 saturated heterocycles. The van der Waals surface area contributed by atoms with Gasteiger partial charge in [-0.2, -0.15) is 0 Å². The Morgan fingerprint density at radius 3 is 1.85 bits per heavy atom. The average molecular weight is 594 g/mol. The van der Waals surface area contributed by atoms with E-state index in [0.717, 1.165) is 45.9 Å². The van der Waals surface area contributed by atoms with Gasteiger partial charge in [0.15, 0.2) is 0 Å². The average Bonchev–Trinajstić information content (AvgIpc) is 3.62. The van der Waals surface area contributed by atoms with E-state index in [2.05, 4.69) is 158 Å². The Bertz CT molecular complexity index is 2340. The second-order valence-corrected chi connectivity index (χ2v) is 12.1. The molecule has 220 valence electrons. The van der Waals surface area contributed by atoms with Crippen LogP contribution in [0.4, 0.5) is 17.1 Å². The quantitative estimate of drug-likeness (QED) is 0.199. The summed E-state index contributed by atoms with van der Waals surface area (Å²) in [6.45, 7) is 2.28. The van der Waals surface area contributed by atoms with Crippen LogP contribution in [0.15, 0.2) is 146 Å². The van der Waals surface area contributed by atoms with Crippen LogP contribution in [-0.2, 0) is 6.42 Å². The Hall–Kier alpha value is -5.94. The summed E-state index contributed by atoms with van der Waals surface area (Å²) in [5.74, 6) is 0.527. The highest BCUT2D eigenvalue weighted by atomic mass is 15.1. The zero-order valence-electron chi connectivity index (χ0n) is 25.5. The van der Waals surface area contributed by atoms with Crippen LogP contribution in [0.1, 0.15) is 18.2 Å². The van der Waals surface area contributed by atoms with Crippen LogP contribution in [0.3, 0.4) is 0 Å². The molecule has 0 aliphatic heterocycles. The normalized spacial score (nSPS) is 14.2. The maximum atomic E-state index is 4.49. The monoisotopic (exact) mass is 593 g/mol. The number of fused-ring (bicyclic) bond motifs is 6. The lowest BCUT2D eigenvalue weighted by Gasteiger charge is -2.26. The van der Waals surface area contributed by atoms with Crippen LogP contribution in [0.25, 0.3) is 50.2 Å². The topological polar surface area (TPSA) is 38.9 Å². The summed E-state index contributed by atoms with van der Waals surface area (Å²) in [6.07, 6.45) is 13.4. The Labute approximate surface area is 267 Å². The molecule has 0 spiro atoms. The van der Waals surface area contributed by atoms with Crippen molar-refractivity contribution in [3.05, 3.63) is 157 Å². The van der Waals surface area contributed by atoms with Gasteiger partial charge in [0.1, 0.15) is 0 Å². The van der Waals surface area contributed by atoms with E-state index in [4.69, 9.17) is 0 Å². The number of para-hydroxylation sites is 2. The smallest absolute Gasteiger partial charge is 0.0724 e. The van der Waals surface area contributed by atoms with E-state index in [1.807, 2.05) is 24.8 Å². The predicted molar refractivity (Wildman–Crippen MR) is 190 cm³/mol. The molecule has 0 fully saturated rings. The Balaban J connectivity index is 1.14. The van der Waals surface area contributed by atoms with E-state index >= 15 is 0 Å². The van der Waals surface area contributed by atoms with E-state index in [1.165, 1.54) is 32.9 Å². The number of nitrogens with zero attached hydrogens (tertiary/aromatic N) is 5. The molecule has 0 N–H and O–H groups in total. The van der Waals surface area contributed by atoms with Crippen molar-refractivity contribution in [2.45, 2.75) is 13.3 Å². The third-order valence-corrected chi connectivity index (χ3v) is 9.25. The Kier molecular flexibility index (Phi) is 6.10. The predicted octanol–water partition coefficient (Wildman–Crippen LogP) is 10.2. The van der Waals surface area contributed by atoms with Gasteiger partial charge in [-0.25, -0.2) is 0 Å². The van der Waals surface area contributed by atoms with Gasteiger partial charge in [0.05, 0.1) is 28.9 Å². The van der Waals surface area contributed by atoms with Crippen LogP contribution in [0, 0.1) is 5.92 Å². The third-order valence-electron chi connectivity index (χ3n) is 9.25. The van der Waals surface area contributed by atoms with Crippen molar-refractivity contribution >= 4 is 55.8 Å². The second-order valence-electron chi connectivity index (χ2n) is 12.1. The zero-order chi connectivity index (χ0) is 30.6. The first-order valence-electron chi connectivity index (χ1n) is 15.8. The highest BCUT2D eigenvalue weighted by Gasteiger charge is 2.21. The van der Waals surface area contributed by atoms with Crippen LogP contribution < -0.4 is 4.90 Å². The van der Waals surface area contributed by atoms with Gasteiger partial charge >= 0.3 is 0 Å². The van der Waals surface area contributed by atoms with Gasteiger partial charge in [-0.1, -0.05) is 49.4 Å². The number of hydrogen-bond donors (Lipinski definition) is 0. The number of hydrogen-bond acceptors (Lipinski definition) is 3. The number of rotatable bonds is 5. The molecule has 0 bridgehead atoms. The van der Waals surface area contributed by atoms with Crippen LogP contribution in [0.2, 0.25) is 0 Å². The Morgan fingerprint density at radius 1 is 0.565 bits per heavy atom. The summed E-state index contributed by atoms with van der Waals surface area (Å²) in [4.78, 5) is 11.3. The van der Waals surface area contributed by atoms with Crippen molar-refractivity contribution in [3.8, 4) is 11.4 Å². The minimum absolute atomic E-state index is 0.527. The van der Waals surface area contributed by atoms with Gasteiger partial charge in [0, 0.05) is 62.7 Å². The SMILES string of the molecule is CC1C=Cc2c(c3ccncc3n2-c2ccc(N(c3ccccc3)c3ccc(-n4c5ccccc5c5ccncc54)cc3)cc2)C1. The summed E-state index contributed by atoms with van der Waals surface area (Å²) in [5, 5.41) is 3.72. The summed E-state index contributed by atoms with van der Waals surface area (Å²) >= 11 is 0. The number of aromatic nitrogens is 4. The fourth-order valence-corrected chi connectivity index (χ4v) is 7.16. The van der Waals surface area contributed by atoms with Crippen molar-refractivity contribution in [2.75, 3.05) is 4.90 Å². The summed E-state index contributed by atoms with van der Waals surface area (Å²) in [5.41, 5.74) is 11.6. The molecule has 1 unspecified atom stereocenters. The van der Waals surface area contributed by atoms with Gasteiger partial charge in [-0.05, 0) is 103 Å². The van der Waals surface area contributed by atoms with Gasteiger partial charge in [0.25, 0.3) is 0 Å². The van der Waals surface area contributed by atoms with Gasteiger partial charge in [0.2, 0.25) is 0 Å². The maximum absolute atomic E-state index is 4.49. The Morgan fingerprint density at radius 2 is 1.13 bits per heavy atom. The maximum Gasteiger partial charge on any atom is 0.0724 e. The molecule has 0 amide bonds. The van der Waals surface area contributed by atoms with Crippen LogP contribution >= 0.6 is 0 Å². The van der Waals surface area contributed by atoms with E-state index < -0.39 is 0 Å². The molecule has 1 atom stereocenters. The summed E-state index contributed by atoms with van der Waals surface area (Å²) in [6, 6.07) is 41.1. The molecule has 5 heteroatoms. The van der Waals surface area contributed by atoms with Gasteiger partial charge < -0.3 is 14.0 Å². The summed E-state index contributed by atoms with van der Waals surface area (Å²) < 4.78 is 4.65. The molecule has 1 aliphatic carbocycles. The zero-order valence-corrected chi connectivity index (χ0v) is 25.5. The molecule has 4 heterocycles. The molecular formula is C41H31N5. The highest BCUT2D eigenvalue weighted by molar-refractivity contribution is 6.08. The van der Waals surface area contributed by atoms with E-state index in [1.54, 1.807) is 0 Å². The lowest BCUT2D eigenvalue weighted by atomic mass is 9.93. The lowest BCUT2D eigenvalue weighted by molar-refractivity contribution is 0.718. The molecule has 4 aromatic carbocycles. The van der Waals surface area contributed by atoms with Gasteiger partial charge in [-0.15, -0.1) is 0 Å². The van der Waals surface area contributed by atoms with Crippen molar-refractivity contribution in [1.29, 1.82) is 0 Å². The van der Waals surface area contributed by atoms with E-state index in [0.29, 0.717) is 5.92 Å². The molecule has 4 aromatic heterocycles. The first-order chi connectivity index (χ1) is 22.7. The molecule has 5 nitrogen and oxygen atoms in total. The van der Waals surface area contributed by atoms with Crippen molar-refractivity contribution in [3.63, 3.8) is 0 Å². The number of benzene rings is 4. The van der Waals surface area contributed by atoms with Gasteiger partial charge in [-0.3, -0.25) is 9.97 Å². The first-order valence-corrected chi connectivity index (χ1v) is 15.8. The van der Waals surface area contributed by atoms with Crippen LogP contribution in [0.5, 0.6) is 0 Å². The molecule has 9 rings (SSSR count). The van der Waals surface area contributed by atoms with Crippen molar-refractivity contribution < 1.29 is 0 Å². The molecule has 46 heavy (non-hydrogen) atoms. The standard InChI is InChI=1S/C41H31N5/c1-28-11-20-39-37(25-28)36-22-24-43-27-41(36)46(39)33-18-14-31(15-19-33)44(29-7-3-2-4-8-29)30-12-16-32(17-13-30)45-38-10-6-5-9-34(38)35-21-23-42-26-40(35)45/h2-24,26-28H,25H2,1H3. The van der Waals surface area contributed by atoms with Crippen molar-refractivity contribution in [1.82, 2.24) is 19.1 Å². The minimum Gasteiger partial charge on any atom is -0.311 e. The molecule has 0 saturated carbocycles. The number of pyridine rings is 2. The second kappa shape index (κ2) is 10.6. The highest BCUT2D eigenvalue weighted by Crippen LogP contribution is 2.39. The van der Waals surface area contributed by atoms with E-state index in [9.17, 15) is 0 Å². The van der Waals surface area contributed by atoms with Crippen molar-refractivity contribution in [2.24, 2.45) is 5.92 Å². The minimum atomic E-state index is 0.527. The molecule has 1 aliphatic rings. The third kappa shape index (κ3) is 4.16. The fourth-order valence-electron chi connectivity index (χ4n) is 7.16. The summed E-state index contributed by atoms with van der Waals surface area (Å²) in [7, 11) is 0.